The molecular formula is C24H25N5. The molecule has 0 aliphatic heterocycles. The van der Waals surface area contributed by atoms with E-state index in [-0.39, 0.29) is 0 Å². The van der Waals surface area contributed by atoms with Gasteiger partial charge in [0, 0.05) is 11.6 Å². The zero-order valence-corrected chi connectivity index (χ0v) is 16.5. The summed E-state index contributed by atoms with van der Waals surface area (Å²) in [5.41, 5.74) is 3.98. The van der Waals surface area contributed by atoms with Gasteiger partial charge in [-0.1, -0.05) is 79.9 Å². The first kappa shape index (κ1) is 17.9. The molecule has 2 heterocycles. The van der Waals surface area contributed by atoms with Gasteiger partial charge in [-0.05, 0) is 18.4 Å². The van der Waals surface area contributed by atoms with E-state index in [1.54, 1.807) is 0 Å². The van der Waals surface area contributed by atoms with Crippen molar-refractivity contribution in [2.24, 2.45) is 0 Å². The maximum Gasteiger partial charge on any atom is 0.166 e. The second-order valence-corrected chi connectivity index (χ2v) is 7.77. The Labute approximate surface area is 170 Å². The summed E-state index contributed by atoms with van der Waals surface area (Å²) in [6.45, 7) is 0.742. The molecule has 1 fully saturated rings. The average Bonchev–Trinajstić information content (AvgIpc) is 3.19. The quantitative estimate of drug-likeness (QED) is 0.509. The van der Waals surface area contributed by atoms with E-state index < -0.39 is 0 Å². The summed E-state index contributed by atoms with van der Waals surface area (Å²) in [5, 5.41) is 3.68. The number of anilines is 1. The van der Waals surface area contributed by atoms with Gasteiger partial charge in [0.05, 0.1) is 12.9 Å². The highest BCUT2D eigenvalue weighted by molar-refractivity contribution is 5.85. The fraction of sp³-hybridized carbons (Fsp3) is 0.292. The Hall–Kier alpha value is -3.21. The lowest BCUT2D eigenvalue weighted by Gasteiger charge is -2.23. The lowest BCUT2D eigenvalue weighted by atomic mass is 9.95. The number of nitrogens with zero attached hydrogens (tertiary/aromatic N) is 4. The summed E-state index contributed by atoms with van der Waals surface area (Å²) < 4.78 is 2.12. The van der Waals surface area contributed by atoms with Crippen molar-refractivity contribution in [2.75, 3.05) is 5.32 Å². The normalized spacial score (nSPS) is 14.9. The number of aromatic nitrogens is 4. The maximum atomic E-state index is 4.90. The molecule has 0 unspecified atom stereocenters. The van der Waals surface area contributed by atoms with Crippen LogP contribution in [0.1, 0.15) is 37.7 Å². The molecule has 0 atom stereocenters. The molecule has 1 aliphatic rings. The van der Waals surface area contributed by atoms with Gasteiger partial charge in [0.2, 0.25) is 0 Å². The molecule has 4 aromatic rings. The first-order valence-electron chi connectivity index (χ1n) is 10.5. The Kier molecular flexibility index (Phi) is 4.95. The smallest absolute Gasteiger partial charge is 0.166 e. The third-order valence-corrected chi connectivity index (χ3v) is 5.64. The van der Waals surface area contributed by atoms with Crippen LogP contribution in [0.5, 0.6) is 0 Å². The summed E-state index contributed by atoms with van der Waals surface area (Å²) in [5.74, 6) is 1.60. The van der Waals surface area contributed by atoms with Crippen molar-refractivity contribution in [1.82, 2.24) is 19.5 Å². The summed E-state index contributed by atoms with van der Waals surface area (Å²) in [6.07, 6.45) is 8.15. The maximum absolute atomic E-state index is 4.90. The predicted molar refractivity (Wildman–Crippen MR) is 117 cm³/mol. The zero-order valence-electron chi connectivity index (χ0n) is 16.5. The fourth-order valence-corrected chi connectivity index (χ4v) is 4.10. The van der Waals surface area contributed by atoms with Gasteiger partial charge >= 0.3 is 0 Å². The molecule has 1 N–H and O–H groups in total. The van der Waals surface area contributed by atoms with E-state index in [0.717, 1.165) is 34.9 Å². The molecular weight excluding hydrogens is 358 g/mol. The Bertz CT molecular complexity index is 1080. The number of hydrogen-bond acceptors (Lipinski definition) is 4. The van der Waals surface area contributed by atoms with Crippen molar-refractivity contribution in [1.29, 1.82) is 0 Å². The van der Waals surface area contributed by atoms with Gasteiger partial charge in [-0.25, -0.2) is 15.0 Å². The van der Waals surface area contributed by atoms with Crippen LogP contribution in [-0.2, 0) is 6.54 Å². The number of rotatable bonds is 5. The molecule has 146 valence electrons. The molecule has 29 heavy (non-hydrogen) atoms. The van der Waals surface area contributed by atoms with E-state index >= 15 is 0 Å². The standard InChI is InChI=1S/C24H25N5/c1-4-10-18(11-5-1)16-29-17-25-21-23(26-20-14-8-3-9-15-20)27-22(28-24(21)29)19-12-6-2-7-13-19/h1-2,4-7,10-13,17,20H,3,8-9,14-16H2,(H,26,27,28). The second kappa shape index (κ2) is 8.03. The SMILES string of the molecule is c1ccc(Cn2cnc3c(NC4CCCCC4)nc(-c4ccccc4)nc32)cc1. The molecule has 0 radical (unpaired) electrons. The van der Waals surface area contributed by atoms with Crippen LogP contribution in [0.3, 0.4) is 0 Å². The topological polar surface area (TPSA) is 55.6 Å². The summed E-state index contributed by atoms with van der Waals surface area (Å²) >= 11 is 0. The lowest BCUT2D eigenvalue weighted by molar-refractivity contribution is 0.462. The Balaban J connectivity index is 1.58. The van der Waals surface area contributed by atoms with Gasteiger partial charge in [-0.2, -0.15) is 0 Å². The highest BCUT2D eigenvalue weighted by Gasteiger charge is 2.19. The van der Waals surface area contributed by atoms with Gasteiger partial charge in [0.1, 0.15) is 5.52 Å². The summed E-state index contributed by atoms with van der Waals surface area (Å²) in [4.78, 5) is 14.5. The van der Waals surface area contributed by atoms with E-state index in [9.17, 15) is 0 Å². The highest BCUT2D eigenvalue weighted by atomic mass is 15.2. The van der Waals surface area contributed by atoms with Crippen molar-refractivity contribution >= 4 is 17.0 Å². The largest absolute Gasteiger partial charge is 0.365 e. The molecule has 0 saturated heterocycles. The molecule has 0 amide bonds. The monoisotopic (exact) mass is 383 g/mol. The van der Waals surface area contributed by atoms with Crippen LogP contribution in [0.25, 0.3) is 22.6 Å². The Morgan fingerprint density at radius 3 is 2.34 bits per heavy atom. The summed E-state index contributed by atoms with van der Waals surface area (Å²) in [6, 6.07) is 21.1. The van der Waals surface area contributed by atoms with Crippen molar-refractivity contribution in [3.8, 4) is 11.4 Å². The van der Waals surface area contributed by atoms with Crippen LogP contribution in [0, 0.1) is 0 Å². The van der Waals surface area contributed by atoms with Crippen molar-refractivity contribution < 1.29 is 0 Å². The minimum atomic E-state index is 0.463. The van der Waals surface area contributed by atoms with Crippen LogP contribution in [0.4, 0.5) is 5.82 Å². The molecule has 1 aliphatic carbocycles. The molecule has 2 aromatic carbocycles. The van der Waals surface area contributed by atoms with Gasteiger partial charge in [-0.15, -0.1) is 0 Å². The van der Waals surface area contributed by atoms with Crippen LogP contribution < -0.4 is 5.32 Å². The average molecular weight is 383 g/mol. The van der Waals surface area contributed by atoms with Gasteiger partial charge in [-0.3, -0.25) is 0 Å². The lowest BCUT2D eigenvalue weighted by Crippen LogP contribution is -2.23. The van der Waals surface area contributed by atoms with E-state index in [0.29, 0.717) is 6.04 Å². The summed E-state index contributed by atoms with van der Waals surface area (Å²) in [7, 11) is 0. The third-order valence-electron chi connectivity index (χ3n) is 5.64. The molecule has 0 bridgehead atoms. The minimum Gasteiger partial charge on any atom is -0.365 e. The number of fused-ring (bicyclic) bond motifs is 1. The zero-order chi connectivity index (χ0) is 19.5. The van der Waals surface area contributed by atoms with E-state index in [4.69, 9.17) is 15.0 Å². The molecule has 5 heteroatoms. The van der Waals surface area contributed by atoms with Crippen molar-refractivity contribution in [3.05, 3.63) is 72.6 Å². The minimum absolute atomic E-state index is 0.463. The van der Waals surface area contributed by atoms with Crippen molar-refractivity contribution in [2.45, 2.75) is 44.7 Å². The molecule has 5 nitrogen and oxygen atoms in total. The Morgan fingerprint density at radius 2 is 1.59 bits per heavy atom. The van der Waals surface area contributed by atoms with Gasteiger partial charge in [0.15, 0.2) is 17.3 Å². The van der Waals surface area contributed by atoms with Crippen LogP contribution >= 0.6 is 0 Å². The second-order valence-electron chi connectivity index (χ2n) is 7.77. The molecule has 2 aromatic heterocycles. The highest BCUT2D eigenvalue weighted by Crippen LogP contribution is 2.28. The molecule has 1 saturated carbocycles. The van der Waals surface area contributed by atoms with Gasteiger partial charge in [0.25, 0.3) is 0 Å². The van der Waals surface area contributed by atoms with Crippen LogP contribution in [0.15, 0.2) is 67.0 Å². The first-order chi connectivity index (χ1) is 14.4. The Morgan fingerprint density at radius 1 is 0.862 bits per heavy atom. The van der Waals surface area contributed by atoms with E-state index in [1.807, 2.05) is 30.6 Å². The first-order valence-corrected chi connectivity index (χ1v) is 10.5. The predicted octanol–water partition coefficient (Wildman–Crippen LogP) is 5.29. The van der Waals surface area contributed by atoms with Crippen LogP contribution in [0.2, 0.25) is 0 Å². The number of hydrogen-bond donors (Lipinski definition) is 1. The molecule has 5 rings (SSSR count). The van der Waals surface area contributed by atoms with Crippen molar-refractivity contribution in [3.63, 3.8) is 0 Å². The number of imidazole rings is 1. The third kappa shape index (κ3) is 3.86. The van der Waals surface area contributed by atoms with E-state index in [1.165, 1.54) is 37.7 Å². The van der Waals surface area contributed by atoms with Crippen LogP contribution in [-0.4, -0.2) is 25.6 Å². The molecule has 0 spiro atoms. The fourth-order valence-electron chi connectivity index (χ4n) is 4.10. The number of benzene rings is 2. The van der Waals surface area contributed by atoms with E-state index in [2.05, 4.69) is 46.3 Å². The van der Waals surface area contributed by atoms with Gasteiger partial charge < -0.3 is 9.88 Å². The number of nitrogens with one attached hydrogen (secondary N) is 1.